The fraction of sp³-hybridized carbons (Fsp3) is 0.500. The fourth-order valence-electron chi connectivity index (χ4n) is 4.07. The first-order chi connectivity index (χ1) is 14.5. The first-order valence-electron chi connectivity index (χ1n) is 11.4. The van der Waals surface area contributed by atoms with E-state index >= 15 is 0 Å². The Hall–Kier alpha value is -2.17. The Balaban J connectivity index is 1.43. The molecule has 4 heteroatoms. The van der Waals surface area contributed by atoms with Gasteiger partial charge < -0.3 is 15.5 Å². The normalized spacial score (nSPS) is 14.7. The molecule has 0 unspecified atom stereocenters. The molecule has 0 aliphatic heterocycles. The highest BCUT2D eigenvalue weighted by atomic mass is 16.1. The second kappa shape index (κ2) is 10.7. The van der Waals surface area contributed by atoms with E-state index in [9.17, 15) is 4.79 Å². The van der Waals surface area contributed by atoms with E-state index in [-0.39, 0.29) is 11.4 Å². The highest BCUT2D eigenvalue weighted by molar-refractivity contribution is 5.94. The van der Waals surface area contributed by atoms with Gasteiger partial charge in [0, 0.05) is 24.2 Å². The number of carbonyl (C=O) groups excluding carboxylic acids is 1. The first kappa shape index (κ1) is 22.5. The Bertz CT molecular complexity index is 814. The zero-order valence-corrected chi connectivity index (χ0v) is 18.8. The summed E-state index contributed by atoms with van der Waals surface area (Å²) in [5.74, 6) is 0.0281. The lowest BCUT2D eigenvalue weighted by Gasteiger charge is -2.18. The van der Waals surface area contributed by atoms with Gasteiger partial charge in [-0.15, -0.1) is 0 Å². The third kappa shape index (κ3) is 6.41. The number of amides is 1. The van der Waals surface area contributed by atoms with Gasteiger partial charge in [0.1, 0.15) is 0 Å². The summed E-state index contributed by atoms with van der Waals surface area (Å²) < 4.78 is 0. The molecule has 0 atom stereocenters. The quantitative estimate of drug-likeness (QED) is 0.504. The van der Waals surface area contributed by atoms with Crippen LogP contribution in [0.4, 0.5) is 0 Å². The molecule has 3 rings (SSSR count). The largest absolute Gasteiger partial charge is 0.352 e. The van der Waals surface area contributed by atoms with Crippen LogP contribution in [0, 0.1) is 6.92 Å². The molecule has 4 nitrogen and oxygen atoms in total. The summed E-state index contributed by atoms with van der Waals surface area (Å²) in [6, 6.07) is 16.9. The summed E-state index contributed by atoms with van der Waals surface area (Å²) in [6.45, 7) is 7.85. The molecule has 0 radical (unpaired) electrons. The van der Waals surface area contributed by atoms with E-state index in [2.05, 4.69) is 72.8 Å². The standard InChI is InChI=1S/C26H37N3O/c1-4-5-16-29(3)20-22-17-21(2)18-23(19-22)25(30)27-14-9-15-28-26(12-13-26)24-10-7-6-8-11-24/h6-8,10-11,17-19,28H,4-5,9,12-16,20H2,1-3H3,(H,27,30). The molecule has 0 saturated heterocycles. The number of benzene rings is 2. The number of carbonyl (C=O) groups is 1. The fourth-order valence-corrected chi connectivity index (χ4v) is 4.07. The lowest BCUT2D eigenvalue weighted by molar-refractivity contribution is 0.0953. The molecule has 30 heavy (non-hydrogen) atoms. The van der Waals surface area contributed by atoms with Crippen molar-refractivity contribution in [1.82, 2.24) is 15.5 Å². The SMILES string of the molecule is CCCCN(C)Cc1cc(C)cc(C(=O)NCCCNC2(c3ccccc3)CC2)c1. The Morgan fingerprint density at radius 1 is 1.07 bits per heavy atom. The van der Waals surface area contributed by atoms with Gasteiger partial charge in [-0.3, -0.25) is 4.79 Å². The highest BCUT2D eigenvalue weighted by Crippen LogP contribution is 2.45. The van der Waals surface area contributed by atoms with Crippen LogP contribution < -0.4 is 10.6 Å². The number of hydrogen-bond donors (Lipinski definition) is 2. The van der Waals surface area contributed by atoms with Crippen molar-refractivity contribution in [2.24, 2.45) is 0 Å². The molecular weight excluding hydrogens is 370 g/mol. The maximum Gasteiger partial charge on any atom is 0.251 e. The molecule has 0 aromatic heterocycles. The summed E-state index contributed by atoms with van der Waals surface area (Å²) in [5, 5.41) is 6.79. The first-order valence-corrected chi connectivity index (χ1v) is 11.4. The topological polar surface area (TPSA) is 44.4 Å². The molecule has 0 heterocycles. The van der Waals surface area contributed by atoms with E-state index in [4.69, 9.17) is 0 Å². The monoisotopic (exact) mass is 407 g/mol. The Morgan fingerprint density at radius 2 is 1.83 bits per heavy atom. The molecule has 2 aromatic rings. The van der Waals surface area contributed by atoms with Crippen molar-refractivity contribution in [3.8, 4) is 0 Å². The van der Waals surface area contributed by atoms with Crippen LogP contribution in [0.2, 0.25) is 0 Å². The molecule has 0 spiro atoms. The van der Waals surface area contributed by atoms with Crippen molar-refractivity contribution in [2.75, 3.05) is 26.7 Å². The second-order valence-electron chi connectivity index (χ2n) is 8.78. The average molecular weight is 408 g/mol. The second-order valence-corrected chi connectivity index (χ2v) is 8.78. The molecule has 2 aromatic carbocycles. The van der Waals surface area contributed by atoms with Crippen LogP contribution in [0.25, 0.3) is 0 Å². The zero-order chi connectivity index (χ0) is 21.4. The van der Waals surface area contributed by atoms with Crippen LogP contribution in [0.1, 0.15) is 66.1 Å². The van der Waals surface area contributed by atoms with Crippen molar-refractivity contribution in [2.45, 2.75) is 58.0 Å². The van der Waals surface area contributed by atoms with Gasteiger partial charge in [0.2, 0.25) is 0 Å². The van der Waals surface area contributed by atoms with E-state index in [1.165, 1.54) is 36.8 Å². The van der Waals surface area contributed by atoms with Gasteiger partial charge in [-0.1, -0.05) is 55.3 Å². The van der Waals surface area contributed by atoms with Gasteiger partial charge in [-0.2, -0.15) is 0 Å². The average Bonchev–Trinajstić information content (AvgIpc) is 3.53. The molecule has 1 amide bonds. The van der Waals surface area contributed by atoms with Gasteiger partial charge >= 0.3 is 0 Å². The summed E-state index contributed by atoms with van der Waals surface area (Å²) in [5.41, 5.74) is 4.66. The molecule has 162 valence electrons. The minimum absolute atomic E-state index is 0.0281. The summed E-state index contributed by atoms with van der Waals surface area (Å²) >= 11 is 0. The van der Waals surface area contributed by atoms with E-state index in [1.807, 2.05) is 12.1 Å². The van der Waals surface area contributed by atoms with Crippen LogP contribution in [0.5, 0.6) is 0 Å². The van der Waals surface area contributed by atoms with Gasteiger partial charge in [0.15, 0.2) is 0 Å². The Morgan fingerprint density at radius 3 is 2.53 bits per heavy atom. The van der Waals surface area contributed by atoms with E-state index in [0.29, 0.717) is 6.54 Å². The summed E-state index contributed by atoms with van der Waals surface area (Å²) in [7, 11) is 2.15. The van der Waals surface area contributed by atoms with Crippen molar-refractivity contribution < 1.29 is 4.79 Å². The predicted octanol–water partition coefficient (Wildman–Crippen LogP) is 4.63. The molecule has 0 bridgehead atoms. The number of nitrogens with zero attached hydrogens (tertiary/aromatic N) is 1. The van der Waals surface area contributed by atoms with Gasteiger partial charge in [-0.25, -0.2) is 0 Å². The van der Waals surface area contributed by atoms with Gasteiger partial charge in [-0.05, 0) is 76.0 Å². The zero-order valence-electron chi connectivity index (χ0n) is 18.8. The minimum Gasteiger partial charge on any atom is -0.352 e. The predicted molar refractivity (Wildman–Crippen MR) is 125 cm³/mol. The Labute approximate surface area is 182 Å². The van der Waals surface area contributed by atoms with Crippen molar-refractivity contribution >= 4 is 5.91 Å². The third-order valence-corrected chi connectivity index (χ3v) is 5.92. The van der Waals surface area contributed by atoms with Crippen molar-refractivity contribution in [3.63, 3.8) is 0 Å². The van der Waals surface area contributed by atoms with Crippen LogP contribution in [0.3, 0.4) is 0 Å². The lowest BCUT2D eigenvalue weighted by Crippen LogP contribution is -2.32. The number of hydrogen-bond acceptors (Lipinski definition) is 3. The number of aryl methyl sites for hydroxylation is 1. The number of rotatable bonds is 12. The van der Waals surface area contributed by atoms with Crippen LogP contribution in [-0.2, 0) is 12.1 Å². The van der Waals surface area contributed by atoms with Crippen LogP contribution in [-0.4, -0.2) is 37.5 Å². The Kier molecular flexibility index (Phi) is 8.06. The smallest absolute Gasteiger partial charge is 0.251 e. The number of unbranched alkanes of at least 4 members (excludes halogenated alkanes) is 1. The molecule has 1 aliphatic rings. The summed E-state index contributed by atoms with van der Waals surface area (Å²) in [4.78, 5) is 15.0. The highest BCUT2D eigenvalue weighted by Gasteiger charge is 2.43. The summed E-state index contributed by atoms with van der Waals surface area (Å²) in [6.07, 6.45) is 5.73. The maximum absolute atomic E-state index is 12.7. The van der Waals surface area contributed by atoms with E-state index in [0.717, 1.165) is 37.2 Å². The molecule has 1 aliphatic carbocycles. The molecular formula is C26H37N3O. The minimum atomic E-state index is 0.0281. The maximum atomic E-state index is 12.7. The van der Waals surface area contributed by atoms with Gasteiger partial charge in [0.25, 0.3) is 5.91 Å². The van der Waals surface area contributed by atoms with Crippen molar-refractivity contribution in [3.05, 3.63) is 70.8 Å². The lowest BCUT2D eigenvalue weighted by atomic mass is 10.0. The van der Waals surface area contributed by atoms with Gasteiger partial charge in [0.05, 0.1) is 0 Å². The molecule has 1 fully saturated rings. The van der Waals surface area contributed by atoms with E-state index < -0.39 is 0 Å². The van der Waals surface area contributed by atoms with Crippen LogP contribution >= 0.6 is 0 Å². The third-order valence-electron chi connectivity index (χ3n) is 5.92. The number of nitrogens with one attached hydrogen (secondary N) is 2. The molecule has 2 N–H and O–H groups in total. The van der Waals surface area contributed by atoms with Crippen molar-refractivity contribution in [1.29, 1.82) is 0 Å². The van der Waals surface area contributed by atoms with Crippen LogP contribution in [0.15, 0.2) is 48.5 Å². The van der Waals surface area contributed by atoms with E-state index in [1.54, 1.807) is 0 Å². The molecule has 1 saturated carbocycles.